The normalized spacial score (nSPS) is 24.0. The number of ether oxygens (including phenoxy) is 1. The summed E-state index contributed by atoms with van der Waals surface area (Å²) in [5, 5.41) is 4.12. The van der Waals surface area contributed by atoms with Crippen LogP contribution in [0.15, 0.2) is 29.6 Å². The number of rotatable bonds is 6. The van der Waals surface area contributed by atoms with Crippen LogP contribution in [0.1, 0.15) is 27.1 Å². The zero-order valence-corrected chi connectivity index (χ0v) is 14.0. The molecular formula is C17H22N4O4. The summed E-state index contributed by atoms with van der Waals surface area (Å²) in [7, 11) is 0. The average molecular weight is 346 g/mol. The monoisotopic (exact) mass is 346 g/mol. The summed E-state index contributed by atoms with van der Waals surface area (Å²) in [5.41, 5.74) is 6.60. The molecule has 0 aromatic heterocycles. The van der Waals surface area contributed by atoms with Gasteiger partial charge in [0.1, 0.15) is 6.04 Å². The number of Topliss-reactive ketones (excluding diaryl/α,β-unsaturated/α-hetero) is 2. The molecule has 1 aliphatic heterocycles. The number of hydrogen-bond acceptors (Lipinski definition) is 7. The standard InChI is InChI=1S/C17H22N4O4/c18-14-15(17(23)13-5-2-1-4-12(13)16(14)22)21(19-24)7-3-6-20-8-10-25-11-9-20/h1-2,4-5,14-15H,3,6-11,18H2. The predicted octanol–water partition coefficient (Wildman–Crippen LogP) is 0.467. The Morgan fingerprint density at radius 1 is 1.16 bits per heavy atom. The van der Waals surface area contributed by atoms with E-state index in [1.807, 2.05) is 0 Å². The zero-order valence-electron chi connectivity index (χ0n) is 14.0. The fourth-order valence-corrected chi connectivity index (χ4v) is 3.39. The number of morpholine rings is 1. The molecule has 1 aromatic rings. The maximum absolute atomic E-state index is 12.7. The van der Waals surface area contributed by atoms with E-state index in [4.69, 9.17) is 10.5 Å². The Kier molecular flexibility index (Phi) is 5.52. The molecule has 1 aliphatic carbocycles. The Labute approximate surface area is 145 Å². The van der Waals surface area contributed by atoms with Gasteiger partial charge in [-0.2, -0.15) is 0 Å². The van der Waals surface area contributed by atoms with E-state index >= 15 is 0 Å². The second kappa shape index (κ2) is 7.81. The molecule has 2 atom stereocenters. The molecular weight excluding hydrogens is 324 g/mol. The van der Waals surface area contributed by atoms with Crippen LogP contribution < -0.4 is 5.73 Å². The quantitative estimate of drug-likeness (QED) is 0.589. The van der Waals surface area contributed by atoms with Crippen molar-refractivity contribution < 1.29 is 14.3 Å². The number of fused-ring (bicyclic) bond motifs is 1. The van der Waals surface area contributed by atoms with Crippen molar-refractivity contribution >= 4 is 11.6 Å². The fourth-order valence-electron chi connectivity index (χ4n) is 3.39. The van der Waals surface area contributed by atoms with Gasteiger partial charge in [0.25, 0.3) is 0 Å². The van der Waals surface area contributed by atoms with Crippen LogP contribution in [0.2, 0.25) is 0 Å². The van der Waals surface area contributed by atoms with Crippen molar-refractivity contribution in [3.8, 4) is 0 Å². The highest BCUT2D eigenvalue weighted by molar-refractivity contribution is 6.18. The lowest BCUT2D eigenvalue weighted by Crippen LogP contribution is -2.57. The number of nitrogens with zero attached hydrogens (tertiary/aromatic N) is 3. The van der Waals surface area contributed by atoms with Gasteiger partial charge in [0.2, 0.25) is 0 Å². The minimum atomic E-state index is -1.08. The lowest BCUT2D eigenvalue weighted by molar-refractivity contribution is 0.0347. The molecule has 0 bridgehead atoms. The van der Waals surface area contributed by atoms with Crippen LogP contribution in [0, 0.1) is 4.91 Å². The lowest BCUT2D eigenvalue weighted by atomic mass is 9.82. The van der Waals surface area contributed by atoms with Crippen LogP contribution in [0.25, 0.3) is 0 Å². The van der Waals surface area contributed by atoms with E-state index in [1.165, 1.54) is 0 Å². The molecule has 1 aromatic carbocycles. The summed E-state index contributed by atoms with van der Waals surface area (Å²) >= 11 is 0. The summed E-state index contributed by atoms with van der Waals surface area (Å²) in [4.78, 5) is 38.7. The third-order valence-electron chi connectivity index (χ3n) is 4.76. The first-order chi connectivity index (χ1) is 12.1. The molecule has 0 spiro atoms. The fraction of sp³-hybridized carbons (Fsp3) is 0.529. The van der Waals surface area contributed by atoms with Crippen molar-refractivity contribution in [2.75, 3.05) is 39.4 Å². The Morgan fingerprint density at radius 2 is 1.80 bits per heavy atom. The summed E-state index contributed by atoms with van der Waals surface area (Å²) in [6, 6.07) is 4.44. The largest absolute Gasteiger partial charge is 0.379 e. The Balaban J connectivity index is 1.68. The molecule has 3 rings (SSSR count). The van der Waals surface area contributed by atoms with E-state index < -0.39 is 12.1 Å². The minimum absolute atomic E-state index is 0.278. The van der Waals surface area contributed by atoms with Crippen molar-refractivity contribution in [3.05, 3.63) is 40.3 Å². The van der Waals surface area contributed by atoms with E-state index in [0.717, 1.165) is 24.6 Å². The van der Waals surface area contributed by atoms with Gasteiger partial charge >= 0.3 is 0 Å². The first kappa shape index (κ1) is 17.7. The van der Waals surface area contributed by atoms with Crippen molar-refractivity contribution in [1.29, 1.82) is 0 Å². The Morgan fingerprint density at radius 3 is 2.44 bits per heavy atom. The number of nitroso groups, excluding NO2 is 1. The molecule has 1 fully saturated rings. The lowest BCUT2D eigenvalue weighted by Gasteiger charge is -2.34. The number of carbonyl (C=O) groups is 2. The second-order valence-corrected chi connectivity index (χ2v) is 6.30. The van der Waals surface area contributed by atoms with Crippen molar-refractivity contribution in [2.45, 2.75) is 18.5 Å². The predicted molar refractivity (Wildman–Crippen MR) is 91.2 cm³/mol. The molecule has 2 unspecified atom stereocenters. The first-order valence-corrected chi connectivity index (χ1v) is 8.46. The zero-order chi connectivity index (χ0) is 17.8. The van der Waals surface area contributed by atoms with Crippen LogP contribution in [0.5, 0.6) is 0 Å². The van der Waals surface area contributed by atoms with Crippen LogP contribution >= 0.6 is 0 Å². The van der Waals surface area contributed by atoms with Gasteiger partial charge in [-0.25, -0.2) is 5.01 Å². The van der Waals surface area contributed by atoms with Gasteiger partial charge in [-0.1, -0.05) is 24.3 Å². The first-order valence-electron chi connectivity index (χ1n) is 8.46. The molecule has 2 aliphatic rings. The molecule has 134 valence electrons. The van der Waals surface area contributed by atoms with Gasteiger partial charge in [-0.15, -0.1) is 4.91 Å². The maximum atomic E-state index is 12.7. The SMILES string of the molecule is NC1C(=O)c2ccccc2C(=O)C1N(CCCN1CCOCC1)N=O. The molecule has 1 heterocycles. The number of nitrogens with two attached hydrogens (primary N) is 1. The third-order valence-corrected chi connectivity index (χ3v) is 4.76. The molecule has 25 heavy (non-hydrogen) atoms. The molecule has 1 saturated heterocycles. The molecule has 8 heteroatoms. The summed E-state index contributed by atoms with van der Waals surface area (Å²) < 4.78 is 5.30. The number of ketones is 2. The second-order valence-electron chi connectivity index (χ2n) is 6.30. The van der Waals surface area contributed by atoms with E-state index in [1.54, 1.807) is 24.3 Å². The van der Waals surface area contributed by atoms with E-state index in [2.05, 4.69) is 10.2 Å². The average Bonchev–Trinajstić information content (AvgIpc) is 2.66. The molecule has 0 amide bonds. The summed E-state index contributed by atoms with van der Waals surface area (Å²) in [5.74, 6) is -0.657. The molecule has 8 nitrogen and oxygen atoms in total. The summed E-state index contributed by atoms with van der Waals surface area (Å²) in [6.07, 6.45) is 0.651. The van der Waals surface area contributed by atoms with E-state index in [-0.39, 0.29) is 18.1 Å². The highest BCUT2D eigenvalue weighted by Gasteiger charge is 2.43. The highest BCUT2D eigenvalue weighted by Crippen LogP contribution is 2.24. The number of hydrogen-bond donors (Lipinski definition) is 1. The van der Waals surface area contributed by atoms with E-state index in [9.17, 15) is 14.5 Å². The maximum Gasteiger partial charge on any atom is 0.189 e. The third kappa shape index (κ3) is 3.60. The van der Waals surface area contributed by atoms with Crippen molar-refractivity contribution in [2.24, 2.45) is 11.0 Å². The van der Waals surface area contributed by atoms with E-state index in [0.29, 0.717) is 30.8 Å². The van der Waals surface area contributed by atoms with Gasteiger partial charge in [0.05, 0.1) is 24.5 Å². The van der Waals surface area contributed by atoms with Gasteiger partial charge < -0.3 is 10.5 Å². The smallest absolute Gasteiger partial charge is 0.189 e. The number of benzene rings is 1. The highest BCUT2D eigenvalue weighted by atomic mass is 16.5. The van der Waals surface area contributed by atoms with Gasteiger partial charge in [-0.05, 0) is 6.42 Å². The Hall–Kier alpha value is -2.16. The van der Waals surface area contributed by atoms with Crippen LogP contribution in [-0.2, 0) is 4.74 Å². The minimum Gasteiger partial charge on any atom is -0.379 e. The molecule has 0 saturated carbocycles. The van der Waals surface area contributed by atoms with Crippen LogP contribution in [-0.4, -0.2) is 73.0 Å². The topological polar surface area (TPSA) is 105 Å². The van der Waals surface area contributed by atoms with Crippen LogP contribution in [0.4, 0.5) is 0 Å². The van der Waals surface area contributed by atoms with Gasteiger partial charge in [0.15, 0.2) is 11.6 Å². The van der Waals surface area contributed by atoms with Crippen LogP contribution in [0.3, 0.4) is 0 Å². The molecule has 2 N–H and O–H groups in total. The summed E-state index contributed by atoms with van der Waals surface area (Å²) in [6.45, 7) is 4.15. The number of carbonyl (C=O) groups excluding carboxylic acids is 2. The van der Waals surface area contributed by atoms with Gasteiger partial charge in [-0.3, -0.25) is 14.5 Å². The Bertz CT molecular complexity index is 660. The van der Waals surface area contributed by atoms with Crippen molar-refractivity contribution in [3.63, 3.8) is 0 Å². The molecule has 0 radical (unpaired) electrons. The van der Waals surface area contributed by atoms with Gasteiger partial charge in [0, 0.05) is 37.3 Å². The van der Waals surface area contributed by atoms with Crippen molar-refractivity contribution in [1.82, 2.24) is 9.91 Å².